The standard InChI is InChI=1S/C11H23N3O/c1-4-6-11(5-2)9-13-10(12)14(11)7-8-15-3/h4-9H2,1-3H3,(H2,12,13). The third kappa shape index (κ3) is 2.43. The van der Waals surface area contributed by atoms with Crippen LogP contribution in [0.15, 0.2) is 4.99 Å². The summed E-state index contributed by atoms with van der Waals surface area (Å²) in [6.45, 7) is 6.82. The van der Waals surface area contributed by atoms with Gasteiger partial charge in [0.2, 0.25) is 0 Å². The highest BCUT2D eigenvalue weighted by Gasteiger charge is 2.39. The van der Waals surface area contributed by atoms with Gasteiger partial charge >= 0.3 is 0 Å². The summed E-state index contributed by atoms with van der Waals surface area (Å²) < 4.78 is 5.12. The second-order valence-electron chi connectivity index (χ2n) is 4.15. The lowest BCUT2D eigenvalue weighted by atomic mass is 9.90. The molecule has 1 heterocycles. The highest BCUT2D eigenvalue weighted by Crippen LogP contribution is 2.29. The molecule has 4 heteroatoms. The summed E-state index contributed by atoms with van der Waals surface area (Å²) in [6.07, 6.45) is 3.41. The summed E-state index contributed by atoms with van der Waals surface area (Å²) >= 11 is 0. The molecular formula is C11H23N3O. The fraction of sp³-hybridized carbons (Fsp3) is 0.909. The van der Waals surface area contributed by atoms with Gasteiger partial charge in [0.1, 0.15) is 0 Å². The van der Waals surface area contributed by atoms with Crippen LogP contribution in [0.4, 0.5) is 0 Å². The lowest BCUT2D eigenvalue weighted by molar-refractivity contribution is 0.119. The topological polar surface area (TPSA) is 50.8 Å². The van der Waals surface area contributed by atoms with Crippen molar-refractivity contribution in [1.29, 1.82) is 0 Å². The van der Waals surface area contributed by atoms with Crippen LogP contribution >= 0.6 is 0 Å². The highest BCUT2D eigenvalue weighted by atomic mass is 16.5. The lowest BCUT2D eigenvalue weighted by Gasteiger charge is -2.38. The Bertz CT molecular complexity index is 230. The van der Waals surface area contributed by atoms with E-state index in [1.807, 2.05) is 0 Å². The normalized spacial score (nSPS) is 25.8. The van der Waals surface area contributed by atoms with Crippen LogP contribution in [0.2, 0.25) is 0 Å². The summed E-state index contributed by atoms with van der Waals surface area (Å²) in [4.78, 5) is 6.60. The molecule has 0 spiro atoms. The number of ether oxygens (including phenoxy) is 1. The van der Waals surface area contributed by atoms with Gasteiger partial charge in [-0.25, -0.2) is 0 Å². The van der Waals surface area contributed by atoms with Crippen LogP contribution in [-0.4, -0.2) is 43.2 Å². The number of rotatable bonds is 6. The predicted molar refractivity (Wildman–Crippen MR) is 63.0 cm³/mol. The first-order valence-electron chi connectivity index (χ1n) is 5.76. The van der Waals surface area contributed by atoms with Gasteiger partial charge in [-0.3, -0.25) is 4.99 Å². The summed E-state index contributed by atoms with van der Waals surface area (Å²) in [5.74, 6) is 0.683. The molecule has 0 saturated heterocycles. The zero-order valence-electron chi connectivity index (χ0n) is 10.1. The number of nitrogens with zero attached hydrogens (tertiary/aromatic N) is 2. The van der Waals surface area contributed by atoms with Gasteiger partial charge in [0.05, 0.1) is 18.7 Å². The van der Waals surface area contributed by atoms with E-state index in [2.05, 4.69) is 23.7 Å². The van der Waals surface area contributed by atoms with E-state index in [4.69, 9.17) is 10.5 Å². The average Bonchev–Trinajstić information content (AvgIpc) is 2.55. The smallest absolute Gasteiger partial charge is 0.191 e. The molecule has 0 aromatic rings. The zero-order chi connectivity index (χ0) is 11.3. The Hall–Kier alpha value is -0.770. The first-order chi connectivity index (χ1) is 7.20. The molecule has 0 saturated carbocycles. The largest absolute Gasteiger partial charge is 0.383 e. The van der Waals surface area contributed by atoms with Crippen molar-refractivity contribution in [3.05, 3.63) is 0 Å². The molecule has 0 aromatic heterocycles. The molecule has 0 bridgehead atoms. The molecule has 1 rings (SSSR count). The third-order valence-electron chi connectivity index (χ3n) is 3.28. The minimum absolute atomic E-state index is 0.150. The fourth-order valence-corrected chi connectivity index (χ4v) is 2.33. The first-order valence-corrected chi connectivity index (χ1v) is 5.76. The second-order valence-corrected chi connectivity index (χ2v) is 4.15. The van der Waals surface area contributed by atoms with Gasteiger partial charge in [0.15, 0.2) is 5.96 Å². The van der Waals surface area contributed by atoms with E-state index in [1.54, 1.807) is 7.11 Å². The van der Waals surface area contributed by atoms with Crippen LogP contribution < -0.4 is 5.73 Å². The molecule has 0 aromatic carbocycles. The van der Waals surface area contributed by atoms with Crippen molar-refractivity contribution in [2.24, 2.45) is 10.7 Å². The van der Waals surface area contributed by atoms with E-state index in [-0.39, 0.29) is 5.54 Å². The van der Waals surface area contributed by atoms with Crippen molar-refractivity contribution in [2.45, 2.75) is 38.6 Å². The van der Waals surface area contributed by atoms with Gasteiger partial charge in [-0.05, 0) is 12.8 Å². The molecule has 0 aliphatic carbocycles. The number of nitrogens with two attached hydrogens (primary N) is 1. The SMILES string of the molecule is CCCC1(CC)CN=C(N)N1CCOC. The third-order valence-corrected chi connectivity index (χ3v) is 3.28. The molecule has 1 unspecified atom stereocenters. The van der Waals surface area contributed by atoms with Crippen molar-refractivity contribution in [2.75, 3.05) is 26.8 Å². The Labute approximate surface area is 92.5 Å². The molecular weight excluding hydrogens is 190 g/mol. The fourth-order valence-electron chi connectivity index (χ4n) is 2.33. The lowest BCUT2D eigenvalue weighted by Crippen LogP contribution is -2.52. The molecule has 4 nitrogen and oxygen atoms in total. The minimum atomic E-state index is 0.150. The molecule has 88 valence electrons. The Morgan fingerprint density at radius 2 is 2.27 bits per heavy atom. The van der Waals surface area contributed by atoms with Crippen molar-refractivity contribution in [1.82, 2.24) is 4.90 Å². The van der Waals surface area contributed by atoms with E-state index in [9.17, 15) is 0 Å². The van der Waals surface area contributed by atoms with Crippen LogP contribution in [0.5, 0.6) is 0 Å². The maximum atomic E-state index is 5.92. The van der Waals surface area contributed by atoms with Crippen LogP contribution in [0, 0.1) is 0 Å². The molecule has 2 N–H and O–H groups in total. The number of hydrogen-bond donors (Lipinski definition) is 1. The highest BCUT2D eigenvalue weighted by molar-refractivity contribution is 5.81. The van der Waals surface area contributed by atoms with E-state index in [0.717, 1.165) is 25.9 Å². The quantitative estimate of drug-likeness (QED) is 0.721. The number of methoxy groups -OCH3 is 1. The maximum Gasteiger partial charge on any atom is 0.191 e. The summed E-state index contributed by atoms with van der Waals surface area (Å²) in [6, 6.07) is 0. The van der Waals surface area contributed by atoms with E-state index in [0.29, 0.717) is 12.6 Å². The summed E-state index contributed by atoms with van der Waals surface area (Å²) in [5.41, 5.74) is 6.07. The Morgan fingerprint density at radius 1 is 1.53 bits per heavy atom. The Kier molecular flexibility index (Phi) is 4.39. The van der Waals surface area contributed by atoms with Crippen LogP contribution in [-0.2, 0) is 4.74 Å². The van der Waals surface area contributed by atoms with Crippen LogP contribution in [0.1, 0.15) is 33.1 Å². The Balaban J connectivity index is 2.70. The molecule has 0 fully saturated rings. The van der Waals surface area contributed by atoms with E-state index >= 15 is 0 Å². The molecule has 1 atom stereocenters. The minimum Gasteiger partial charge on any atom is -0.383 e. The second kappa shape index (κ2) is 5.35. The molecule has 0 amide bonds. The summed E-state index contributed by atoms with van der Waals surface area (Å²) in [5, 5.41) is 0. The van der Waals surface area contributed by atoms with Gasteiger partial charge in [0, 0.05) is 13.7 Å². The first kappa shape index (κ1) is 12.3. The van der Waals surface area contributed by atoms with E-state index < -0.39 is 0 Å². The monoisotopic (exact) mass is 213 g/mol. The maximum absolute atomic E-state index is 5.92. The zero-order valence-corrected chi connectivity index (χ0v) is 10.1. The van der Waals surface area contributed by atoms with Crippen molar-refractivity contribution in [3.8, 4) is 0 Å². The van der Waals surface area contributed by atoms with Gasteiger partial charge in [0.25, 0.3) is 0 Å². The number of guanidine groups is 1. The molecule has 1 aliphatic heterocycles. The Morgan fingerprint density at radius 3 is 2.80 bits per heavy atom. The van der Waals surface area contributed by atoms with Gasteiger partial charge < -0.3 is 15.4 Å². The van der Waals surface area contributed by atoms with Gasteiger partial charge in [-0.15, -0.1) is 0 Å². The van der Waals surface area contributed by atoms with Gasteiger partial charge in [-0.2, -0.15) is 0 Å². The number of aliphatic imine (C=N–C) groups is 1. The molecule has 15 heavy (non-hydrogen) atoms. The average molecular weight is 213 g/mol. The van der Waals surface area contributed by atoms with Gasteiger partial charge in [-0.1, -0.05) is 20.3 Å². The predicted octanol–water partition coefficient (Wildman–Crippen LogP) is 1.21. The van der Waals surface area contributed by atoms with E-state index in [1.165, 1.54) is 6.42 Å². The molecule has 1 aliphatic rings. The van der Waals surface area contributed by atoms with Crippen molar-refractivity contribution >= 4 is 5.96 Å². The molecule has 0 radical (unpaired) electrons. The summed E-state index contributed by atoms with van der Waals surface area (Å²) in [7, 11) is 1.72. The van der Waals surface area contributed by atoms with Crippen LogP contribution in [0.3, 0.4) is 0 Å². The van der Waals surface area contributed by atoms with Crippen molar-refractivity contribution in [3.63, 3.8) is 0 Å². The van der Waals surface area contributed by atoms with Crippen molar-refractivity contribution < 1.29 is 4.74 Å². The number of hydrogen-bond acceptors (Lipinski definition) is 4. The van der Waals surface area contributed by atoms with Crippen LogP contribution in [0.25, 0.3) is 0 Å².